The summed E-state index contributed by atoms with van der Waals surface area (Å²) in [6.07, 6.45) is 1.34. The van der Waals surface area contributed by atoms with Gasteiger partial charge in [0.1, 0.15) is 17.6 Å². The van der Waals surface area contributed by atoms with Crippen molar-refractivity contribution in [2.45, 2.75) is 6.54 Å². The number of rotatable bonds is 4. The lowest BCUT2D eigenvalue weighted by Gasteiger charge is -2.15. The lowest BCUT2D eigenvalue weighted by molar-refractivity contribution is -0.131. The second-order valence-electron chi connectivity index (χ2n) is 4.99. The molecule has 0 aliphatic carbocycles. The van der Waals surface area contributed by atoms with Gasteiger partial charge in [-0.3, -0.25) is 14.2 Å². The van der Waals surface area contributed by atoms with Crippen molar-refractivity contribution in [3.8, 4) is 0 Å². The van der Waals surface area contributed by atoms with Crippen LogP contribution in [0.4, 0.5) is 0 Å². The average molecular weight is 301 g/mol. The van der Waals surface area contributed by atoms with Crippen LogP contribution in [0.5, 0.6) is 0 Å². The zero-order valence-electron chi connectivity index (χ0n) is 12.0. The van der Waals surface area contributed by atoms with Crippen LogP contribution in [-0.2, 0) is 11.3 Å². The molecule has 7 heteroatoms. The number of aliphatic hydroxyl groups is 1. The third kappa shape index (κ3) is 2.35. The van der Waals surface area contributed by atoms with Gasteiger partial charge in [0, 0.05) is 19.0 Å². The minimum Gasteiger partial charge on any atom is -0.448 e. The van der Waals surface area contributed by atoms with E-state index < -0.39 is 5.56 Å². The molecule has 1 amide bonds. The first-order valence-electron chi connectivity index (χ1n) is 6.83. The van der Waals surface area contributed by atoms with Crippen molar-refractivity contribution in [1.82, 2.24) is 14.5 Å². The van der Waals surface area contributed by atoms with Gasteiger partial charge in [0.25, 0.3) is 5.56 Å². The summed E-state index contributed by atoms with van der Waals surface area (Å²) in [5, 5.41) is 9.61. The Morgan fingerprint density at radius 2 is 2.18 bits per heavy atom. The van der Waals surface area contributed by atoms with Crippen molar-refractivity contribution < 1.29 is 14.3 Å². The van der Waals surface area contributed by atoms with Crippen molar-refractivity contribution >= 4 is 28.0 Å². The number of hydrogen-bond acceptors (Lipinski definition) is 5. The summed E-state index contributed by atoms with van der Waals surface area (Å²) in [5.74, 6) is -0.284. The maximum Gasteiger partial charge on any atom is 0.297 e. The molecule has 1 N–H and O–H groups in total. The molecule has 0 bridgehead atoms. The Labute approximate surface area is 125 Å². The van der Waals surface area contributed by atoms with Crippen molar-refractivity contribution in [3.05, 3.63) is 40.9 Å². The molecule has 0 aliphatic rings. The number of benzene rings is 1. The maximum absolute atomic E-state index is 12.4. The van der Waals surface area contributed by atoms with Gasteiger partial charge in [-0.2, -0.15) is 0 Å². The van der Waals surface area contributed by atoms with Crippen LogP contribution in [0.1, 0.15) is 0 Å². The molecular formula is C15H15N3O4. The van der Waals surface area contributed by atoms with Gasteiger partial charge in [-0.25, -0.2) is 4.98 Å². The Hall–Kier alpha value is -2.67. The van der Waals surface area contributed by atoms with E-state index in [1.165, 1.54) is 15.8 Å². The number of aromatic nitrogens is 2. The highest BCUT2D eigenvalue weighted by Crippen LogP contribution is 2.23. The molecule has 1 aromatic carbocycles. The number of furan rings is 1. The molecule has 2 aromatic heterocycles. The monoisotopic (exact) mass is 301 g/mol. The fraction of sp³-hybridized carbons (Fsp3) is 0.267. The maximum atomic E-state index is 12.4. The van der Waals surface area contributed by atoms with Crippen LogP contribution in [-0.4, -0.2) is 45.7 Å². The van der Waals surface area contributed by atoms with Crippen LogP contribution in [0.2, 0.25) is 0 Å². The minimum absolute atomic E-state index is 0.127. The molecule has 0 fully saturated rings. The third-order valence-corrected chi connectivity index (χ3v) is 3.52. The Kier molecular flexibility index (Phi) is 3.64. The van der Waals surface area contributed by atoms with E-state index in [-0.39, 0.29) is 31.2 Å². The number of carbonyl (C=O) groups excluding carboxylic acids is 1. The van der Waals surface area contributed by atoms with E-state index in [4.69, 9.17) is 9.52 Å². The first kappa shape index (κ1) is 14.3. The van der Waals surface area contributed by atoms with Gasteiger partial charge in [-0.1, -0.05) is 12.1 Å². The minimum atomic E-state index is -0.396. The Morgan fingerprint density at radius 1 is 1.41 bits per heavy atom. The van der Waals surface area contributed by atoms with Gasteiger partial charge >= 0.3 is 0 Å². The molecule has 0 unspecified atom stereocenters. The summed E-state index contributed by atoms with van der Waals surface area (Å²) in [6, 6.07) is 7.26. The number of carbonyl (C=O) groups is 1. The summed E-state index contributed by atoms with van der Waals surface area (Å²) >= 11 is 0. The lowest BCUT2D eigenvalue weighted by atomic mass is 10.2. The fourth-order valence-corrected chi connectivity index (χ4v) is 2.27. The van der Waals surface area contributed by atoms with Gasteiger partial charge in [0.2, 0.25) is 11.5 Å². The zero-order chi connectivity index (χ0) is 15.7. The SMILES string of the molecule is CN(CCO)C(=O)Cn1cnc2c(oc3ccccc32)c1=O. The Balaban J connectivity index is 2.02. The number of likely N-dealkylation sites (N-methyl/N-ethyl adjacent to an activating group) is 1. The average Bonchev–Trinajstić information content (AvgIpc) is 2.90. The van der Waals surface area contributed by atoms with E-state index in [1.807, 2.05) is 18.2 Å². The van der Waals surface area contributed by atoms with Crippen LogP contribution in [0.15, 0.2) is 39.8 Å². The van der Waals surface area contributed by atoms with Crippen LogP contribution in [0.3, 0.4) is 0 Å². The summed E-state index contributed by atoms with van der Waals surface area (Å²) in [6.45, 7) is -0.0544. The number of aliphatic hydroxyl groups excluding tert-OH is 1. The molecule has 114 valence electrons. The molecule has 2 heterocycles. The van der Waals surface area contributed by atoms with Gasteiger partial charge in [-0.05, 0) is 12.1 Å². The van der Waals surface area contributed by atoms with E-state index in [1.54, 1.807) is 13.1 Å². The van der Waals surface area contributed by atoms with E-state index >= 15 is 0 Å². The van der Waals surface area contributed by atoms with Crippen LogP contribution in [0, 0.1) is 0 Å². The van der Waals surface area contributed by atoms with Crippen LogP contribution in [0.25, 0.3) is 22.1 Å². The summed E-state index contributed by atoms with van der Waals surface area (Å²) in [7, 11) is 1.57. The van der Waals surface area contributed by atoms with Crippen molar-refractivity contribution in [3.63, 3.8) is 0 Å². The number of amides is 1. The molecule has 0 spiro atoms. The molecule has 0 radical (unpaired) electrons. The summed E-state index contributed by atoms with van der Waals surface area (Å²) in [4.78, 5) is 30.0. The zero-order valence-corrected chi connectivity index (χ0v) is 12.0. The molecule has 0 atom stereocenters. The second kappa shape index (κ2) is 5.61. The highest BCUT2D eigenvalue weighted by atomic mass is 16.3. The molecule has 3 rings (SSSR count). The molecule has 22 heavy (non-hydrogen) atoms. The summed E-state index contributed by atoms with van der Waals surface area (Å²) < 4.78 is 6.76. The Morgan fingerprint density at radius 3 is 2.95 bits per heavy atom. The van der Waals surface area contributed by atoms with Crippen LogP contribution >= 0.6 is 0 Å². The topological polar surface area (TPSA) is 88.6 Å². The van der Waals surface area contributed by atoms with Crippen molar-refractivity contribution in [1.29, 1.82) is 0 Å². The highest BCUT2D eigenvalue weighted by molar-refractivity contribution is 6.01. The van der Waals surface area contributed by atoms with Gasteiger partial charge in [0.05, 0.1) is 12.9 Å². The lowest BCUT2D eigenvalue weighted by Crippen LogP contribution is -2.35. The smallest absolute Gasteiger partial charge is 0.297 e. The van der Waals surface area contributed by atoms with E-state index in [0.29, 0.717) is 11.1 Å². The summed E-state index contributed by atoms with van der Waals surface area (Å²) in [5.41, 5.74) is 0.824. The molecule has 7 nitrogen and oxygen atoms in total. The molecule has 0 aliphatic heterocycles. The highest BCUT2D eigenvalue weighted by Gasteiger charge is 2.15. The van der Waals surface area contributed by atoms with E-state index in [2.05, 4.69) is 4.98 Å². The number of para-hydroxylation sites is 1. The van der Waals surface area contributed by atoms with Gasteiger partial charge in [0.15, 0.2) is 0 Å². The Bertz CT molecular complexity index is 897. The quantitative estimate of drug-likeness (QED) is 0.762. The van der Waals surface area contributed by atoms with Crippen molar-refractivity contribution in [2.75, 3.05) is 20.2 Å². The number of fused-ring (bicyclic) bond motifs is 3. The first-order valence-corrected chi connectivity index (χ1v) is 6.83. The van der Waals surface area contributed by atoms with Gasteiger partial charge < -0.3 is 14.4 Å². The van der Waals surface area contributed by atoms with E-state index in [0.717, 1.165) is 5.39 Å². The molecular weight excluding hydrogens is 286 g/mol. The normalized spacial score (nSPS) is 11.2. The van der Waals surface area contributed by atoms with E-state index in [9.17, 15) is 9.59 Å². The number of hydrogen-bond donors (Lipinski definition) is 1. The second-order valence-corrected chi connectivity index (χ2v) is 4.99. The predicted molar refractivity (Wildman–Crippen MR) is 80.5 cm³/mol. The predicted octanol–water partition coefficient (Wildman–Crippen LogP) is 0.593. The molecule has 3 aromatic rings. The standard InChI is InChI=1S/C15H15N3O4/c1-17(6-7-19)12(20)8-18-9-16-13-10-4-2-3-5-11(10)22-14(13)15(18)21/h2-5,9,19H,6-8H2,1H3. The third-order valence-electron chi connectivity index (χ3n) is 3.52. The molecule has 0 saturated heterocycles. The molecule has 0 saturated carbocycles. The fourth-order valence-electron chi connectivity index (χ4n) is 2.27. The first-order chi connectivity index (χ1) is 10.6. The largest absolute Gasteiger partial charge is 0.448 e. The van der Waals surface area contributed by atoms with Gasteiger partial charge in [-0.15, -0.1) is 0 Å². The number of nitrogens with zero attached hydrogens (tertiary/aromatic N) is 3. The van der Waals surface area contributed by atoms with Crippen LogP contribution < -0.4 is 5.56 Å². The van der Waals surface area contributed by atoms with Crippen molar-refractivity contribution in [2.24, 2.45) is 0 Å².